The molecular formula is C22H25F6N5O5S. The van der Waals surface area contributed by atoms with Gasteiger partial charge in [0.2, 0.25) is 5.91 Å². The number of rotatable bonds is 3. The zero-order valence-electron chi connectivity index (χ0n) is 20.7. The molecule has 4 heterocycles. The Bertz CT molecular complexity index is 1120. The van der Waals surface area contributed by atoms with Crippen LogP contribution >= 0.6 is 11.3 Å². The first kappa shape index (κ1) is 31.7. The van der Waals surface area contributed by atoms with Crippen LogP contribution in [0.1, 0.15) is 42.1 Å². The normalized spacial score (nSPS) is 16.8. The Balaban J connectivity index is 0.000000317. The van der Waals surface area contributed by atoms with Gasteiger partial charge < -0.3 is 20.0 Å². The minimum absolute atomic E-state index is 0.0107. The van der Waals surface area contributed by atoms with Gasteiger partial charge in [-0.15, -0.1) is 16.4 Å². The third-order valence-corrected chi connectivity index (χ3v) is 6.77. The van der Waals surface area contributed by atoms with Crippen molar-refractivity contribution in [3.8, 4) is 0 Å². The van der Waals surface area contributed by atoms with Crippen LogP contribution in [0.3, 0.4) is 0 Å². The topological polar surface area (TPSA) is 137 Å². The van der Waals surface area contributed by atoms with Gasteiger partial charge in [-0.05, 0) is 45.2 Å². The number of nitrogens with zero attached hydrogens (tertiary/aromatic N) is 5. The van der Waals surface area contributed by atoms with Gasteiger partial charge in [0.05, 0.1) is 22.9 Å². The summed E-state index contributed by atoms with van der Waals surface area (Å²) >= 11 is 1.65. The number of piperidine rings is 1. The third kappa shape index (κ3) is 9.04. The highest BCUT2D eigenvalue weighted by molar-refractivity contribution is 7.09. The van der Waals surface area contributed by atoms with Crippen molar-refractivity contribution in [2.45, 2.75) is 64.0 Å². The number of aromatic nitrogens is 3. The van der Waals surface area contributed by atoms with Gasteiger partial charge in [-0.2, -0.15) is 31.4 Å². The van der Waals surface area contributed by atoms with Crippen LogP contribution in [-0.2, 0) is 20.9 Å². The fourth-order valence-corrected chi connectivity index (χ4v) is 4.61. The quantitative estimate of drug-likeness (QED) is 0.513. The highest BCUT2D eigenvalue weighted by atomic mass is 32.1. The summed E-state index contributed by atoms with van der Waals surface area (Å²) in [5.74, 6) is -4.30. The van der Waals surface area contributed by atoms with Crippen LogP contribution < -0.4 is 4.90 Å². The highest BCUT2D eigenvalue weighted by Gasteiger charge is 2.47. The van der Waals surface area contributed by atoms with Gasteiger partial charge in [-0.1, -0.05) is 0 Å². The molecule has 4 rings (SSSR count). The molecule has 0 bridgehead atoms. The van der Waals surface area contributed by atoms with Crippen LogP contribution in [0.2, 0.25) is 0 Å². The van der Waals surface area contributed by atoms with Crippen LogP contribution in [0.25, 0.3) is 0 Å². The smallest absolute Gasteiger partial charge is 0.475 e. The molecular weight excluding hydrogens is 560 g/mol. The standard InChI is InChI=1S/C18H23N5OS.2C2HF3O2/c1-13-3-4-16(21-20-13)22-9-7-18(8-10-22)6-5-17(24)23(18)11-15-12-25-14(2)19-15;2*3-2(4,5)1(6)7/h3-4,12H,5-11H2,1-2H3;2*(H,6,7). The molecule has 0 aromatic carbocycles. The summed E-state index contributed by atoms with van der Waals surface area (Å²) < 4.78 is 63.5. The lowest BCUT2D eigenvalue weighted by Gasteiger charge is -2.45. The molecule has 0 atom stereocenters. The summed E-state index contributed by atoms with van der Waals surface area (Å²) in [7, 11) is 0. The molecule has 10 nitrogen and oxygen atoms in total. The molecule has 2 aromatic heterocycles. The molecule has 1 spiro atoms. The zero-order chi connectivity index (χ0) is 29.6. The molecule has 0 unspecified atom stereocenters. The Hall–Kier alpha value is -3.50. The first-order valence-corrected chi connectivity index (χ1v) is 12.2. The monoisotopic (exact) mass is 585 g/mol. The molecule has 1 amide bonds. The molecule has 0 saturated carbocycles. The van der Waals surface area contributed by atoms with Crippen LogP contribution in [0.4, 0.5) is 32.2 Å². The first-order chi connectivity index (χ1) is 17.9. The van der Waals surface area contributed by atoms with E-state index in [1.807, 2.05) is 26.0 Å². The molecule has 216 valence electrons. The fourth-order valence-electron chi connectivity index (χ4n) is 4.01. The number of hydrogen-bond acceptors (Lipinski definition) is 8. The van der Waals surface area contributed by atoms with Gasteiger partial charge in [-0.25, -0.2) is 14.6 Å². The van der Waals surface area contributed by atoms with E-state index in [1.165, 1.54) is 0 Å². The molecule has 0 aliphatic carbocycles. The minimum Gasteiger partial charge on any atom is -0.475 e. The molecule has 0 radical (unpaired) electrons. The van der Waals surface area contributed by atoms with Gasteiger partial charge in [-0.3, -0.25) is 4.79 Å². The number of aliphatic carboxylic acids is 2. The van der Waals surface area contributed by atoms with E-state index in [4.69, 9.17) is 19.8 Å². The maximum absolute atomic E-state index is 12.5. The van der Waals surface area contributed by atoms with Crippen LogP contribution in [0, 0.1) is 13.8 Å². The average Bonchev–Trinajstić information content (AvgIpc) is 3.38. The van der Waals surface area contributed by atoms with Gasteiger partial charge >= 0.3 is 24.3 Å². The number of likely N-dealkylation sites (tertiary alicyclic amines) is 1. The largest absolute Gasteiger partial charge is 0.490 e. The van der Waals surface area contributed by atoms with Crippen molar-refractivity contribution in [2.75, 3.05) is 18.0 Å². The number of aryl methyl sites for hydroxylation is 2. The number of halogens is 6. The van der Waals surface area contributed by atoms with E-state index in [1.54, 1.807) is 11.3 Å². The second kappa shape index (κ2) is 12.6. The zero-order valence-corrected chi connectivity index (χ0v) is 21.5. The van der Waals surface area contributed by atoms with Crippen molar-refractivity contribution in [1.29, 1.82) is 0 Å². The van der Waals surface area contributed by atoms with Gasteiger partial charge in [0.25, 0.3) is 0 Å². The van der Waals surface area contributed by atoms with E-state index < -0.39 is 24.3 Å². The lowest BCUT2D eigenvalue weighted by atomic mass is 9.85. The molecule has 2 aromatic rings. The summed E-state index contributed by atoms with van der Waals surface area (Å²) in [5, 5.41) is 25.9. The SMILES string of the molecule is Cc1ccc(N2CCC3(CCC(=O)N3Cc3csc(C)n3)CC2)nn1.O=C(O)C(F)(F)F.O=C(O)C(F)(F)F. The van der Waals surface area contributed by atoms with Gasteiger partial charge in [0.1, 0.15) is 0 Å². The molecule has 2 aliphatic rings. The summed E-state index contributed by atoms with van der Waals surface area (Å²) in [6, 6.07) is 4.04. The van der Waals surface area contributed by atoms with Crippen molar-refractivity contribution in [3.63, 3.8) is 0 Å². The maximum atomic E-state index is 12.5. The molecule has 2 aliphatic heterocycles. The van der Waals surface area contributed by atoms with Crippen LogP contribution in [0.5, 0.6) is 0 Å². The number of thiazole rings is 1. The number of anilines is 1. The molecule has 17 heteroatoms. The molecule has 2 N–H and O–H groups in total. The average molecular weight is 586 g/mol. The third-order valence-electron chi connectivity index (χ3n) is 5.95. The maximum Gasteiger partial charge on any atom is 0.490 e. The second-order valence-electron chi connectivity index (χ2n) is 8.69. The van der Waals surface area contributed by atoms with E-state index in [-0.39, 0.29) is 11.4 Å². The Morgan fingerprint density at radius 1 is 0.974 bits per heavy atom. The number of carboxylic acid groups (broad SMARTS) is 2. The number of amides is 1. The Morgan fingerprint density at radius 3 is 1.92 bits per heavy atom. The van der Waals surface area contributed by atoms with E-state index in [0.717, 1.165) is 54.6 Å². The molecule has 2 saturated heterocycles. The summed E-state index contributed by atoms with van der Waals surface area (Å²) in [4.78, 5) is 39.2. The number of alkyl halides is 6. The van der Waals surface area contributed by atoms with Crippen molar-refractivity contribution < 1.29 is 50.9 Å². The predicted octanol–water partition coefficient (Wildman–Crippen LogP) is 3.98. The first-order valence-electron chi connectivity index (χ1n) is 11.3. The number of hydrogen-bond donors (Lipinski definition) is 2. The van der Waals surface area contributed by atoms with Crippen molar-refractivity contribution >= 4 is 35.0 Å². The summed E-state index contributed by atoms with van der Waals surface area (Å²) in [6.07, 6.45) is -6.58. The Kier molecular flexibility index (Phi) is 10.2. The van der Waals surface area contributed by atoms with E-state index in [0.29, 0.717) is 13.0 Å². The minimum atomic E-state index is -5.08. The van der Waals surface area contributed by atoms with E-state index in [9.17, 15) is 31.1 Å². The predicted molar refractivity (Wildman–Crippen MR) is 125 cm³/mol. The van der Waals surface area contributed by atoms with Crippen LogP contribution in [-0.4, -0.2) is 79.1 Å². The Morgan fingerprint density at radius 2 is 1.51 bits per heavy atom. The lowest BCUT2D eigenvalue weighted by Crippen LogP contribution is -2.53. The van der Waals surface area contributed by atoms with Crippen molar-refractivity contribution in [1.82, 2.24) is 20.1 Å². The highest BCUT2D eigenvalue weighted by Crippen LogP contribution is 2.40. The fraction of sp³-hybridized carbons (Fsp3) is 0.545. The van der Waals surface area contributed by atoms with Gasteiger partial charge in [0, 0.05) is 30.4 Å². The molecule has 39 heavy (non-hydrogen) atoms. The summed E-state index contributed by atoms with van der Waals surface area (Å²) in [6.45, 7) is 6.43. The molecule has 2 fully saturated rings. The van der Waals surface area contributed by atoms with Crippen molar-refractivity contribution in [2.24, 2.45) is 0 Å². The Labute approximate surface area is 222 Å². The van der Waals surface area contributed by atoms with Crippen molar-refractivity contribution in [3.05, 3.63) is 33.9 Å². The number of carbonyl (C=O) groups excluding carboxylic acids is 1. The van der Waals surface area contributed by atoms with Gasteiger partial charge in [0.15, 0.2) is 5.82 Å². The summed E-state index contributed by atoms with van der Waals surface area (Å²) in [5.41, 5.74) is 1.94. The van der Waals surface area contributed by atoms with Crippen LogP contribution in [0.15, 0.2) is 17.5 Å². The van der Waals surface area contributed by atoms with E-state index in [2.05, 4.69) is 30.4 Å². The number of carbonyl (C=O) groups is 3. The van der Waals surface area contributed by atoms with E-state index >= 15 is 0 Å². The second-order valence-corrected chi connectivity index (χ2v) is 9.75. The number of carboxylic acids is 2. The lowest BCUT2D eigenvalue weighted by molar-refractivity contribution is -0.193.